The molecular weight excluding hydrogens is 198 g/mol. The number of primary amides is 1. The lowest BCUT2D eigenvalue weighted by Gasteiger charge is -2.16. The van der Waals surface area contributed by atoms with Crippen LogP contribution in [0.5, 0.6) is 5.75 Å². The topological polar surface area (TPSA) is 70.8 Å². The lowest BCUT2D eigenvalue weighted by atomic mass is 10.2. The highest BCUT2D eigenvalue weighted by atomic mass is 16.8. The Balaban J connectivity index is 2.88. The largest absolute Gasteiger partial charge is 0.440 e. The average molecular weight is 211 g/mol. The molecule has 1 aromatic carbocycles. The summed E-state index contributed by atoms with van der Waals surface area (Å²) in [6, 6.07) is 6.61. The van der Waals surface area contributed by atoms with E-state index in [-0.39, 0.29) is 5.56 Å². The van der Waals surface area contributed by atoms with Crippen LogP contribution >= 0.6 is 0 Å². The molecule has 5 heteroatoms. The van der Waals surface area contributed by atoms with Crippen molar-refractivity contribution in [1.29, 1.82) is 0 Å². The first-order valence-corrected chi connectivity index (χ1v) is 4.30. The van der Waals surface area contributed by atoms with Crippen molar-refractivity contribution in [3.05, 3.63) is 29.8 Å². The van der Waals surface area contributed by atoms with Crippen LogP contribution in [0, 0.1) is 0 Å². The van der Waals surface area contributed by atoms with Gasteiger partial charge >= 0.3 is 6.48 Å². The summed E-state index contributed by atoms with van der Waals surface area (Å²) < 4.78 is 14.9. The molecule has 0 aromatic heterocycles. The first-order valence-electron chi connectivity index (χ1n) is 4.30. The number of nitrogens with two attached hydrogens (primary N) is 1. The van der Waals surface area contributed by atoms with E-state index < -0.39 is 12.4 Å². The van der Waals surface area contributed by atoms with Crippen molar-refractivity contribution >= 4 is 5.91 Å². The summed E-state index contributed by atoms with van der Waals surface area (Å²) in [6.45, 7) is -0.856. The summed E-state index contributed by atoms with van der Waals surface area (Å²) >= 11 is 0. The van der Waals surface area contributed by atoms with Gasteiger partial charge in [-0.3, -0.25) is 4.79 Å². The summed E-state index contributed by atoms with van der Waals surface area (Å²) in [5, 5.41) is 0. The Bertz CT molecular complexity index is 336. The number of methoxy groups -OCH3 is 2. The Morgan fingerprint density at radius 2 is 1.87 bits per heavy atom. The number of para-hydroxylation sites is 1. The first-order chi connectivity index (χ1) is 7.19. The van der Waals surface area contributed by atoms with Crippen LogP contribution in [0.15, 0.2) is 24.3 Å². The number of hydrogen-bond acceptors (Lipinski definition) is 4. The smallest absolute Gasteiger partial charge is 0.315 e. The predicted octanol–water partition coefficient (Wildman–Crippen LogP) is 0.741. The van der Waals surface area contributed by atoms with E-state index in [1.165, 1.54) is 14.2 Å². The molecule has 1 rings (SSSR count). The second-order valence-electron chi connectivity index (χ2n) is 2.74. The Hall–Kier alpha value is -1.59. The molecule has 0 unspecified atom stereocenters. The first kappa shape index (κ1) is 11.5. The van der Waals surface area contributed by atoms with Gasteiger partial charge in [-0.1, -0.05) is 12.1 Å². The number of hydrogen-bond donors (Lipinski definition) is 1. The molecule has 0 aliphatic rings. The third-order valence-electron chi connectivity index (χ3n) is 1.76. The second-order valence-corrected chi connectivity index (χ2v) is 2.74. The van der Waals surface area contributed by atoms with E-state index in [1.54, 1.807) is 24.3 Å². The molecule has 0 aliphatic carbocycles. The summed E-state index contributed by atoms with van der Waals surface area (Å²) in [6.07, 6.45) is 0. The number of carbonyl (C=O) groups excluding carboxylic acids is 1. The highest BCUT2D eigenvalue weighted by molar-refractivity contribution is 5.95. The van der Waals surface area contributed by atoms with Crippen molar-refractivity contribution < 1.29 is 19.0 Å². The normalized spacial score (nSPS) is 10.3. The number of amides is 1. The highest BCUT2D eigenvalue weighted by Crippen LogP contribution is 2.18. The maximum atomic E-state index is 11.0. The summed E-state index contributed by atoms with van der Waals surface area (Å²) in [4.78, 5) is 11.0. The van der Waals surface area contributed by atoms with Gasteiger partial charge in [0, 0.05) is 14.2 Å². The molecule has 5 nitrogen and oxygen atoms in total. The number of carbonyl (C=O) groups is 1. The Morgan fingerprint density at radius 3 is 2.40 bits per heavy atom. The van der Waals surface area contributed by atoms with Crippen molar-refractivity contribution in [3.63, 3.8) is 0 Å². The van der Waals surface area contributed by atoms with Gasteiger partial charge in [-0.25, -0.2) is 0 Å². The maximum absolute atomic E-state index is 11.0. The Kier molecular flexibility index (Phi) is 4.08. The molecule has 0 aliphatic heterocycles. The molecule has 0 radical (unpaired) electrons. The van der Waals surface area contributed by atoms with Crippen LogP contribution in [0.1, 0.15) is 10.4 Å². The molecule has 0 fully saturated rings. The minimum Gasteiger partial charge on any atom is -0.440 e. The molecule has 0 bridgehead atoms. The van der Waals surface area contributed by atoms with Gasteiger partial charge in [0.1, 0.15) is 5.75 Å². The van der Waals surface area contributed by atoms with Crippen molar-refractivity contribution in [2.45, 2.75) is 6.48 Å². The SMILES string of the molecule is COC(OC)Oc1ccccc1C(N)=O. The van der Waals surface area contributed by atoms with Gasteiger partial charge in [-0.05, 0) is 12.1 Å². The lowest BCUT2D eigenvalue weighted by Crippen LogP contribution is -2.23. The maximum Gasteiger partial charge on any atom is 0.315 e. The molecular formula is C10H13NO4. The van der Waals surface area contributed by atoms with E-state index in [9.17, 15) is 4.79 Å². The second kappa shape index (κ2) is 5.33. The van der Waals surface area contributed by atoms with Crippen molar-refractivity contribution in [3.8, 4) is 5.75 Å². The van der Waals surface area contributed by atoms with Gasteiger partial charge < -0.3 is 19.9 Å². The number of benzene rings is 1. The van der Waals surface area contributed by atoms with Crippen LogP contribution in [-0.2, 0) is 9.47 Å². The molecule has 15 heavy (non-hydrogen) atoms. The molecule has 0 spiro atoms. The Morgan fingerprint density at radius 1 is 1.27 bits per heavy atom. The minimum atomic E-state index is -0.856. The van der Waals surface area contributed by atoms with Crippen LogP contribution < -0.4 is 10.5 Å². The van der Waals surface area contributed by atoms with Crippen molar-refractivity contribution in [2.24, 2.45) is 5.73 Å². The Labute approximate surface area is 87.7 Å². The van der Waals surface area contributed by atoms with Crippen LogP contribution in [0.2, 0.25) is 0 Å². The van der Waals surface area contributed by atoms with Crippen molar-refractivity contribution in [2.75, 3.05) is 14.2 Å². The van der Waals surface area contributed by atoms with Gasteiger partial charge in [0.25, 0.3) is 5.91 Å². The van der Waals surface area contributed by atoms with E-state index in [2.05, 4.69) is 0 Å². The summed E-state index contributed by atoms with van der Waals surface area (Å²) in [5.74, 6) is -0.227. The van der Waals surface area contributed by atoms with Gasteiger partial charge in [-0.2, -0.15) is 0 Å². The number of rotatable bonds is 5. The number of ether oxygens (including phenoxy) is 3. The zero-order valence-electron chi connectivity index (χ0n) is 8.60. The third kappa shape index (κ3) is 2.93. The molecule has 0 heterocycles. The average Bonchev–Trinajstić information content (AvgIpc) is 2.26. The highest BCUT2D eigenvalue weighted by Gasteiger charge is 2.13. The van der Waals surface area contributed by atoms with Gasteiger partial charge in [0.05, 0.1) is 5.56 Å². The van der Waals surface area contributed by atoms with Crippen LogP contribution in [0.3, 0.4) is 0 Å². The summed E-state index contributed by atoms with van der Waals surface area (Å²) in [7, 11) is 2.86. The quantitative estimate of drug-likeness (QED) is 0.729. The van der Waals surface area contributed by atoms with Crippen LogP contribution in [0.4, 0.5) is 0 Å². The van der Waals surface area contributed by atoms with Crippen LogP contribution in [0.25, 0.3) is 0 Å². The van der Waals surface area contributed by atoms with E-state index in [4.69, 9.17) is 19.9 Å². The van der Waals surface area contributed by atoms with E-state index in [0.717, 1.165) is 0 Å². The van der Waals surface area contributed by atoms with Gasteiger partial charge in [0.2, 0.25) is 0 Å². The molecule has 0 saturated carbocycles. The van der Waals surface area contributed by atoms with E-state index in [1.807, 2.05) is 0 Å². The van der Waals surface area contributed by atoms with Gasteiger partial charge in [-0.15, -0.1) is 0 Å². The third-order valence-corrected chi connectivity index (χ3v) is 1.76. The van der Waals surface area contributed by atoms with Gasteiger partial charge in [0.15, 0.2) is 0 Å². The van der Waals surface area contributed by atoms with Crippen LogP contribution in [-0.4, -0.2) is 26.6 Å². The monoisotopic (exact) mass is 211 g/mol. The fourth-order valence-electron chi connectivity index (χ4n) is 1.07. The zero-order valence-corrected chi connectivity index (χ0v) is 8.60. The molecule has 0 saturated heterocycles. The van der Waals surface area contributed by atoms with E-state index >= 15 is 0 Å². The molecule has 82 valence electrons. The molecule has 1 aromatic rings. The molecule has 1 amide bonds. The van der Waals surface area contributed by atoms with E-state index in [0.29, 0.717) is 5.75 Å². The van der Waals surface area contributed by atoms with Crippen molar-refractivity contribution in [1.82, 2.24) is 0 Å². The molecule has 0 atom stereocenters. The fourth-order valence-corrected chi connectivity index (χ4v) is 1.07. The lowest BCUT2D eigenvalue weighted by molar-refractivity contribution is -0.219. The fraction of sp³-hybridized carbons (Fsp3) is 0.300. The zero-order chi connectivity index (χ0) is 11.3. The minimum absolute atomic E-state index is 0.289. The molecule has 2 N–H and O–H groups in total. The predicted molar refractivity (Wildman–Crippen MR) is 53.4 cm³/mol. The standard InChI is InChI=1S/C10H13NO4/c1-13-10(14-2)15-8-6-4-3-5-7(8)9(11)12/h3-6,10H,1-2H3,(H2,11,12). The summed E-state index contributed by atoms with van der Waals surface area (Å²) in [5.41, 5.74) is 5.46.